The summed E-state index contributed by atoms with van der Waals surface area (Å²) >= 11 is 1.72. The van der Waals surface area contributed by atoms with Gasteiger partial charge in [-0.3, -0.25) is 9.59 Å². The molecule has 28 heavy (non-hydrogen) atoms. The lowest BCUT2D eigenvalue weighted by atomic mass is 10.0. The summed E-state index contributed by atoms with van der Waals surface area (Å²) in [5.74, 6) is -0.0371. The standard InChI is InChI=1S/C22H30N2O3S/c1-7-27-19-11-9-8-10-17(19)21(25)24-20(13(2)3)22(26)23-15(5)18-12-14(4)28-16(18)6/h8-13,15,20H,7H2,1-6H3,(H,23,26)(H,24,25)/t15-,20-/m1/s1. The average molecular weight is 403 g/mol. The number of nitrogens with one attached hydrogen (secondary N) is 2. The maximum atomic E-state index is 12.9. The van der Waals surface area contributed by atoms with Crippen molar-refractivity contribution in [1.82, 2.24) is 10.6 Å². The summed E-state index contributed by atoms with van der Waals surface area (Å²) in [6.07, 6.45) is 0. The molecule has 0 aliphatic carbocycles. The summed E-state index contributed by atoms with van der Waals surface area (Å²) in [6, 6.07) is 8.41. The third kappa shape index (κ3) is 5.35. The van der Waals surface area contributed by atoms with Crippen LogP contribution >= 0.6 is 11.3 Å². The molecule has 2 N–H and O–H groups in total. The van der Waals surface area contributed by atoms with Crippen molar-refractivity contribution >= 4 is 23.2 Å². The van der Waals surface area contributed by atoms with Crippen molar-refractivity contribution in [1.29, 1.82) is 0 Å². The van der Waals surface area contributed by atoms with Gasteiger partial charge in [0.15, 0.2) is 0 Å². The Hall–Kier alpha value is -2.34. The Labute approximate surface area is 171 Å². The fourth-order valence-electron chi connectivity index (χ4n) is 3.15. The normalized spacial score (nSPS) is 13.1. The maximum Gasteiger partial charge on any atom is 0.255 e. The van der Waals surface area contributed by atoms with Crippen molar-refractivity contribution in [2.24, 2.45) is 5.92 Å². The largest absolute Gasteiger partial charge is 0.493 e. The zero-order chi connectivity index (χ0) is 20.8. The summed E-state index contributed by atoms with van der Waals surface area (Å²) in [5, 5.41) is 5.93. The summed E-state index contributed by atoms with van der Waals surface area (Å²) < 4.78 is 5.54. The Morgan fingerprint density at radius 2 is 1.79 bits per heavy atom. The molecule has 1 heterocycles. The Balaban J connectivity index is 2.13. The van der Waals surface area contributed by atoms with Crippen LogP contribution in [0.3, 0.4) is 0 Å². The Kier molecular flexibility index (Phi) is 7.63. The smallest absolute Gasteiger partial charge is 0.255 e. The van der Waals surface area contributed by atoms with Crippen LogP contribution in [0.15, 0.2) is 30.3 Å². The second-order valence-corrected chi connectivity index (χ2v) is 8.68. The number of hydrogen-bond donors (Lipinski definition) is 2. The zero-order valence-corrected chi connectivity index (χ0v) is 18.3. The van der Waals surface area contributed by atoms with E-state index < -0.39 is 6.04 Å². The molecule has 0 radical (unpaired) electrons. The van der Waals surface area contributed by atoms with E-state index in [1.165, 1.54) is 9.75 Å². The van der Waals surface area contributed by atoms with Crippen LogP contribution in [0.5, 0.6) is 5.75 Å². The van der Waals surface area contributed by atoms with Gasteiger partial charge in [0.2, 0.25) is 5.91 Å². The SMILES string of the molecule is CCOc1ccccc1C(=O)N[C@@H](C(=O)N[C@H](C)c1cc(C)sc1C)C(C)C. The van der Waals surface area contributed by atoms with E-state index in [9.17, 15) is 9.59 Å². The second kappa shape index (κ2) is 9.73. The molecule has 5 nitrogen and oxygen atoms in total. The number of rotatable bonds is 8. The molecule has 0 bridgehead atoms. The fourth-order valence-corrected chi connectivity index (χ4v) is 4.17. The van der Waals surface area contributed by atoms with Crippen LogP contribution in [0.25, 0.3) is 0 Å². The highest BCUT2D eigenvalue weighted by atomic mass is 32.1. The van der Waals surface area contributed by atoms with Gasteiger partial charge >= 0.3 is 0 Å². The molecule has 0 saturated carbocycles. The average Bonchev–Trinajstić information content (AvgIpc) is 2.98. The van der Waals surface area contributed by atoms with Crippen molar-refractivity contribution in [3.63, 3.8) is 0 Å². The van der Waals surface area contributed by atoms with E-state index in [1.54, 1.807) is 29.5 Å². The number of amides is 2. The van der Waals surface area contributed by atoms with Gasteiger partial charge in [0.05, 0.1) is 18.2 Å². The minimum atomic E-state index is -0.635. The minimum absolute atomic E-state index is 0.0549. The van der Waals surface area contributed by atoms with E-state index in [1.807, 2.05) is 33.8 Å². The van der Waals surface area contributed by atoms with Crippen LogP contribution in [0.1, 0.15) is 59.4 Å². The molecule has 1 aromatic heterocycles. The molecule has 2 aromatic rings. The Morgan fingerprint density at radius 1 is 1.11 bits per heavy atom. The zero-order valence-electron chi connectivity index (χ0n) is 17.5. The first kappa shape index (κ1) is 22.0. The van der Waals surface area contributed by atoms with E-state index in [2.05, 4.69) is 30.5 Å². The molecule has 0 unspecified atom stereocenters. The molecule has 1 aromatic carbocycles. The van der Waals surface area contributed by atoms with Gasteiger partial charge in [0.25, 0.3) is 5.91 Å². The monoisotopic (exact) mass is 402 g/mol. The number of carbonyl (C=O) groups excluding carboxylic acids is 2. The molecule has 2 atom stereocenters. The van der Waals surface area contributed by atoms with Gasteiger partial charge in [0, 0.05) is 9.75 Å². The Bertz CT molecular complexity index is 829. The third-order valence-corrected chi connectivity index (χ3v) is 5.55. The molecule has 0 aliphatic rings. The van der Waals surface area contributed by atoms with E-state index in [0.717, 1.165) is 5.56 Å². The van der Waals surface area contributed by atoms with Crippen LogP contribution in [0, 0.1) is 19.8 Å². The number of benzene rings is 1. The van der Waals surface area contributed by atoms with Crippen LogP contribution in [-0.2, 0) is 4.79 Å². The summed E-state index contributed by atoms with van der Waals surface area (Å²) in [6.45, 7) is 12.3. The number of aryl methyl sites for hydroxylation is 2. The van der Waals surface area contributed by atoms with Gasteiger partial charge in [-0.2, -0.15) is 0 Å². The van der Waals surface area contributed by atoms with Gasteiger partial charge in [-0.25, -0.2) is 0 Å². The lowest BCUT2D eigenvalue weighted by Crippen LogP contribution is -2.50. The van der Waals surface area contributed by atoms with Gasteiger partial charge in [-0.1, -0.05) is 26.0 Å². The lowest BCUT2D eigenvalue weighted by Gasteiger charge is -2.24. The highest BCUT2D eigenvalue weighted by Crippen LogP contribution is 2.26. The molecule has 6 heteroatoms. The molecule has 2 rings (SSSR count). The molecule has 152 valence electrons. The topological polar surface area (TPSA) is 67.4 Å². The van der Waals surface area contributed by atoms with Crippen LogP contribution < -0.4 is 15.4 Å². The molecule has 2 amide bonds. The lowest BCUT2D eigenvalue weighted by molar-refractivity contribution is -0.124. The van der Waals surface area contributed by atoms with E-state index in [4.69, 9.17) is 4.74 Å². The quantitative estimate of drug-likeness (QED) is 0.688. The van der Waals surface area contributed by atoms with Crippen LogP contribution in [-0.4, -0.2) is 24.5 Å². The number of para-hydroxylation sites is 1. The molecule has 0 aliphatic heterocycles. The van der Waals surface area contributed by atoms with Gasteiger partial charge in [-0.15, -0.1) is 11.3 Å². The fraction of sp³-hybridized carbons (Fsp3) is 0.455. The predicted octanol–water partition coefficient (Wildman–Crippen LogP) is 4.40. The molecule has 0 spiro atoms. The number of hydrogen-bond acceptors (Lipinski definition) is 4. The van der Waals surface area contributed by atoms with Gasteiger partial charge < -0.3 is 15.4 Å². The Morgan fingerprint density at radius 3 is 2.36 bits per heavy atom. The van der Waals surface area contributed by atoms with Crippen molar-refractivity contribution in [2.45, 2.75) is 53.6 Å². The van der Waals surface area contributed by atoms with E-state index in [0.29, 0.717) is 17.9 Å². The van der Waals surface area contributed by atoms with Gasteiger partial charge in [0.1, 0.15) is 11.8 Å². The van der Waals surface area contributed by atoms with Crippen molar-refractivity contribution in [3.8, 4) is 5.75 Å². The van der Waals surface area contributed by atoms with E-state index >= 15 is 0 Å². The molecule has 0 fully saturated rings. The molecular formula is C22H30N2O3S. The molecule has 0 saturated heterocycles. The van der Waals surface area contributed by atoms with Crippen molar-refractivity contribution in [3.05, 3.63) is 51.2 Å². The maximum absolute atomic E-state index is 12.9. The van der Waals surface area contributed by atoms with Crippen molar-refractivity contribution in [2.75, 3.05) is 6.61 Å². The molecular weight excluding hydrogens is 372 g/mol. The summed E-state index contributed by atoms with van der Waals surface area (Å²) in [4.78, 5) is 28.1. The highest BCUT2D eigenvalue weighted by molar-refractivity contribution is 7.12. The minimum Gasteiger partial charge on any atom is -0.493 e. The highest BCUT2D eigenvalue weighted by Gasteiger charge is 2.27. The number of carbonyl (C=O) groups is 2. The number of thiophene rings is 1. The van der Waals surface area contributed by atoms with Crippen LogP contribution in [0.4, 0.5) is 0 Å². The second-order valence-electron chi connectivity index (χ2n) is 7.22. The predicted molar refractivity (Wildman–Crippen MR) is 114 cm³/mol. The summed E-state index contributed by atoms with van der Waals surface area (Å²) in [7, 11) is 0. The third-order valence-electron chi connectivity index (χ3n) is 4.57. The number of ether oxygens (including phenoxy) is 1. The summed E-state index contributed by atoms with van der Waals surface area (Å²) in [5.41, 5.74) is 1.55. The van der Waals surface area contributed by atoms with Gasteiger partial charge in [-0.05, 0) is 57.4 Å². The first-order valence-electron chi connectivity index (χ1n) is 9.64. The van der Waals surface area contributed by atoms with Crippen LogP contribution in [0.2, 0.25) is 0 Å². The first-order chi connectivity index (χ1) is 13.2. The van der Waals surface area contributed by atoms with Crippen molar-refractivity contribution < 1.29 is 14.3 Å². The first-order valence-corrected chi connectivity index (χ1v) is 10.5. The van der Waals surface area contributed by atoms with E-state index in [-0.39, 0.29) is 23.8 Å².